The molecule has 1 amide bonds. The van der Waals surface area contributed by atoms with Gasteiger partial charge in [-0.3, -0.25) is 19.1 Å². The lowest BCUT2D eigenvalue weighted by atomic mass is 10.3. The van der Waals surface area contributed by atoms with Crippen LogP contribution in [-0.4, -0.2) is 37.0 Å². The third-order valence-electron chi connectivity index (χ3n) is 3.95. The van der Waals surface area contributed by atoms with E-state index in [0.717, 1.165) is 24.3 Å². The van der Waals surface area contributed by atoms with Crippen LogP contribution >= 0.6 is 0 Å². The summed E-state index contributed by atoms with van der Waals surface area (Å²) in [5, 5.41) is 8.55. The molecule has 0 N–H and O–H groups in total. The third-order valence-corrected chi connectivity index (χ3v) is 3.95. The van der Waals surface area contributed by atoms with Crippen molar-refractivity contribution in [3.63, 3.8) is 0 Å². The fourth-order valence-corrected chi connectivity index (χ4v) is 2.79. The summed E-state index contributed by atoms with van der Waals surface area (Å²) < 4.78 is 3.61. The van der Waals surface area contributed by atoms with Gasteiger partial charge in [-0.25, -0.2) is 0 Å². The van der Waals surface area contributed by atoms with E-state index in [1.165, 1.54) is 0 Å². The predicted octanol–water partition coefficient (Wildman–Crippen LogP) is 1.38. The average molecular weight is 308 g/mol. The van der Waals surface area contributed by atoms with Crippen LogP contribution in [0, 0.1) is 0 Å². The molecule has 116 valence electrons. The van der Waals surface area contributed by atoms with E-state index in [9.17, 15) is 4.79 Å². The first-order chi connectivity index (χ1) is 11.3. The highest BCUT2D eigenvalue weighted by Crippen LogP contribution is 2.26. The van der Waals surface area contributed by atoms with Gasteiger partial charge in [0.2, 0.25) is 0 Å². The van der Waals surface area contributed by atoms with Crippen molar-refractivity contribution in [2.45, 2.75) is 19.5 Å². The standard InChI is InChI=1S/C16H16N6O/c23-16(22-10-5-13-15(22)3-1-6-17-13)14-4-9-21(19-14)12-11-20-8-2-7-18-20/h1-4,6-9H,5,10-12H2. The highest BCUT2D eigenvalue weighted by atomic mass is 16.2. The van der Waals surface area contributed by atoms with Crippen molar-refractivity contribution in [1.82, 2.24) is 24.5 Å². The number of hydrogen-bond acceptors (Lipinski definition) is 4. The van der Waals surface area contributed by atoms with Crippen LogP contribution in [0.3, 0.4) is 0 Å². The number of anilines is 1. The number of fused-ring (bicyclic) bond motifs is 1. The van der Waals surface area contributed by atoms with Crippen molar-refractivity contribution < 1.29 is 4.79 Å². The largest absolute Gasteiger partial charge is 0.305 e. The maximum Gasteiger partial charge on any atom is 0.278 e. The fourth-order valence-electron chi connectivity index (χ4n) is 2.79. The summed E-state index contributed by atoms with van der Waals surface area (Å²) in [7, 11) is 0. The number of rotatable bonds is 4. The minimum absolute atomic E-state index is 0.0745. The van der Waals surface area contributed by atoms with E-state index in [2.05, 4.69) is 15.2 Å². The molecule has 0 radical (unpaired) electrons. The molecule has 0 saturated heterocycles. The highest BCUT2D eigenvalue weighted by Gasteiger charge is 2.27. The van der Waals surface area contributed by atoms with E-state index in [4.69, 9.17) is 0 Å². The molecule has 1 aliphatic heterocycles. The Morgan fingerprint density at radius 1 is 1.09 bits per heavy atom. The Labute approximate surface area is 133 Å². The number of aryl methyl sites for hydroxylation is 2. The van der Waals surface area contributed by atoms with E-state index in [1.54, 1.807) is 28.0 Å². The van der Waals surface area contributed by atoms with Gasteiger partial charge >= 0.3 is 0 Å². The molecule has 0 unspecified atom stereocenters. The number of aromatic nitrogens is 5. The lowest BCUT2D eigenvalue weighted by Crippen LogP contribution is -2.29. The van der Waals surface area contributed by atoms with Crippen LogP contribution in [0.15, 0.2) is 49.1 Å². The zero-order chi connectivity index (χ0) is 15.6. The molecule has 1 aliphatic rings. The predicted molar refractivity (Wildman–Crippen MR) is 84.1 cm³/mol. The Hall–Kier alpha value is -2.96. The van der Waals surface area contributed by atoms with Crippen LogP contribution in [0.4, 0.5) is 5.69 Å². The number of hydrogen-bond donors (Lipinski definition) is 0. The van der Waals surface area contributed by atoms with Gasteiger partial charge in [0.15, 0.2) is 5.69 Å². The maximum absolute atomic E-state index is 12.7. The summed E-state index contributed by atoms with van der Waals surface area (Å²) in [6.45, 7) is 2.05. The Morgan fingerprint density at radius 2 is 2.00 bits per heavy atom. The topological polar surface area (TPSA) is 68.8 Å². The van der Waals surface area contributed by atoms with Crippen molar-refractivity contribution in [1.29, 1.82) is 0 Å². The normalized spacial score (nSPS) is 13.3. The summed E-state index contributed by atoms with van der Waals surface area (Å²) in [5.74, 6) is -0.0745. The molecule has 7 heteroatoms. The van der Waals surface area contributed by atoms with Crippen LogP contribution in [0.1, 0.15) is 16.2 Å². The second kappa shape index (κ2) is 5.68. The quantitative estimate of drug-likeness (QED) is 0.730. The van der Waals surface area contributed by atoms with Crippen molar-refractivity contribution >= 4 is 11.6 Å². The van der Waals surface area contributed by atoms with E-state index in [1.807, 2.05) is 35.3 Å². The lowest BCUT2D eigenvalue weighted by molar-refractivity contribution is 0.0983. The van der Waals surface area contributed by atoms with Gasteiger partial charge in [-0.15, -0.1) is 0 Å². The third kappa shape index (κ3) is 2.61. The molecule has 7 nitrogen and oxygen atoms in total. The molecule has 0 fully saturated rings. The summed E-state index contributed by atoms with van der Waals surface area (Å²) in [5.41, 5.74) is 2.32. The minimum atomic E-state index is -0.0745. The van der Waals surface area contributed by atoms with Crippen molar-refractivity contribution in [2.75, 3.05) is 11.4 Å². The molecule has 0 aliphatic carbocycles. The van der Waals surface area contributed by atoms with E-state index in [0.29, 0.717) is 18.8 Å². The van der Waals surface area contributed by atoms with Gasteiger partial charge in [-0.1, -0.05) is 0 Å². The van der Waals surface area contributed by atoms with Gasteiger partial charge in [0.25, 0.3) is 5.91 Å². The average Bonchev–Trinajstić information content (AvgIpc) is 3.32. The maximum atomic E-state index is 12.7. The van der Waals surface area contributed by atoms with Gasteiger partial charge in [0, 0.05) is 37.8 Å². The first kappa shape index (κ1) is 13.7. The van der Waals surface area contributed by atoms with Crippen LogP contribution in [0.25, 0.3) is 0 Å². The second-order valence-corrected chi connectivity index (χ2v) is 5.41. The summed E-state index contributed by atoms with van der Waals surface area (Å²) in [6, 6.07) is 7.44. The molecule has 3 aromatic heterocycles. The Balaban J connectivity index is 1.47. The molecule has 0 aromatic carbocycles. The van der Waals surface area contributed by atoms with Crippen LogP contribution < -0.4 is 4.90 Å². The number of pyridine rings is 1. The van der Waals surface area contributed by atoms with Gasteiger partial charge < -0.3 is 4.90 Å². The van der Waals surface area contributed by atoms with E-state index in [-0.39, 0.29) is 5.91 Å². The summed E-state index contributed by atoms with van der Waals surface area (Å²) in [6.07, 6.45) is 8.04. The minimum Gasteiger partial charge on any atom is -0.305 e. The lowest BCUT2D eigenvalue weighted by Gasteiger charge is -2.15. The van der Waals surface area contributed by atoms with E-state index >= 15 is 0 Å². The molecule has 0 bridgehead atoms. The Bertz CT molecular complexity index is 823. The van der Waals surface area contributed by atoms with Gasteiger partial charge in [0.05, 0.1) is 24.5 Å². The molecular weight excluding hydrogens is 292 g/mol. The molecule has 0 atom stereocenters. The molecular formula is C16H16N6O. The SMILES string of the molecule is O=C(c1ccn(CCn2cccn2)n1)N1CCc2ncccc21. The smallest absolute Gasteiger partial charge is 0.278 e. The number of carbonyl (C=O) groups excluding carboxylic acids is 1. The Morgan fingerprint density at radius 3 is 2.87 bits per heavy atom. The highest BCUT2D eigenvalue weighted by molar-refractivity contribution is 6.05. The fraction of sp³-hybridized carbons (Fsp3) is 0.250. The van der Waals surface area contributed by atoms with Gasteiger partial charge in [0.1, 0.15) is 0 Å². The zero-order valence-electron chi connectivity index (χ0n) is 12.5. The first-order valence-corrected chi connectivity index (χ1v) is 7.58. The number of carbonyl (C=O) groups is 1. The van der Waals surface area contributed by atoms with Gasteiger partial charge in [-0.05, 0) is 24.3 Å². The molecule has 4 rings (SSSR count). The van der Waals surface area contributed by atoms with Crippen molar-refractivity contribution in [2.24, 2.45) is 0 Å². The van der Waals surface area contributed by atoms with Crippen molar-refractivity contribution in [3.05, 3.63) is 60.4 Å². The first-order valence-electron chi connectivity index (χ1n) is 7.58. The van der Waals surface area contributed by atoms with Crippen LogP contribution in [0.2, 0.25) is 0 Å². The molecule has 3 aromatic rings. The molecule has 4 heterocycles. The van der Waals surface area contributed by atoms with Crippen LogP contribution in [-0.2, 0) is 19.5 Å². The Kier molecular flexibility index (Phi) is 3.38. The van der Waals surface area contributed by atoms with E-state index < -0.39 is 0 Å². The number of amides is 1. The van der Waals surface area contributed by atoms with Crippen molar-refractivity contribution in [3.8, 4) is 0 Å². The molecule has 23 heavy (non-hydrogen) atoms. The summed E-state index contributed by atoms with van der Waals surface area (Å²) >= 11 is 0. The second-order valence-electron chi connectivity index (χ2n) is 5.41. The van der Waals surface area contributed by atoms with Gasteiger partial charge in [-0.2, -0.15) is 10.2 Å². The zero-order valence-corrected chi connectivity index (χ0v) is 12.5. The molecule has 0 saturated carbocycles. The molecule has 0 spiro atoms. The van der Waals surface area contributed by atoms with Crippen LogP contribution in [0.5, 0.6) is 0 Å². The monoisotopic (exact) mass is 308 g/mol. The summed E-state index contributed by atoms with van der Waals surface area (Å²) in [4.78, 5) is 18.7. The number of nitrogens with zero attached hydrogens (tertiary/aromatic N) is 6.